The number of ketones is 1. The van der Waals surface area contributed by atoms with Crippen LogP contribution in [0.1, 0.15) is 58.8 Å². The quantitative estimate of drug-likeness (QED) is 0.233. The lowest BCUT2D eigenvalue weighted by Gasteiger charge is -2.07. The van der Waals surface area contributed by atoms with Gasteiger partial charge >= 0.3 is 5.97 Å². The second-order valence-electron chi connectivity index (χ2n) is 5.33. The minimum atomic E-state index is -0.793. The summed E-state index contributed by atoms with van der Waals surface area (Å²) in [6, 6.07) is 0. The molecule has 0 aliphatic rings. The first-order valence-corrected chi connectivity index (χ1v) is 8.86. The molecular weight excluding hydrogens is 314 g/mol. The van der Waals surface area contributed by atoms with Gasteiger partial charge in [-0.15, -0.1) is 0 Å². The van der Waals surface area contributed by atoms with Crippen LogP contribution in [0.2, 0.25) is 0 Å². The van der Waals surface area contributed by atoms with Crippen molar-refractivity contribution in [2.45, 2.75) is 64.0 Å². The Morgan fingerprint density at radius 3 is 2.35 bits per heavy atom. The largest absolute Gasteiger partial charge is 0.465 e. The summed E-state index contributed by atoms with van der Waals surface area (Å²) in [7, 11) is 0. The normalized spacial score (nSPS) is 12.1. The van der Waals surface area contributed by atoms with Gasteiger partial charge in [0.15, 0.2) is 5.78 Å². The fourth-order valence-electron chi connectivity index (χ4n) is 1.92. The van der Waals surface area contributed by atoms with Crippen LogP contribution in [0.3, 0.4) is 0 Å². The van der Waals surface area contributed by atoms with Crippen LogP contribution in [-0.2, 0) is 19.1 Å². The number of rotatable bonds is 13. The summed E-state index contributed by atoms with van der Waals surface area (Å²) in [5.41, 5.74) is 0. The van der Waals surface area contributed by atoms with E-state index in [9.17, 15) is 14.4 Å². The monoisotopic (exact) mass is 343 g/mol. The summed E-state index contributed by atoms with van der Waals surface area (Å²) >= 11 is 4.02. The standard InChI is InChI=1S/C17H29NO4S/c1-3-5-6-7-8-9-12-18-16(20)11-10-14(19)13-15(23)17(21)22-4-2/h10-11,15,23H,3-9,12-13H2,1-2H3,(H,18,20). The summed E-state index contributed by atoms with van der Waals surface area (Å²) in [5.74, 6) is -1.14. The lowest BCUT2D eigenvalue weighted by molar-refractivity contribution is -0.143. The van der Waals surface area contributed by atoms with E-state index < -0.39 is 11.2 Å². The maximum atomic E-state index is 11.6. The molecule has 0 bridgehead atoms. The second kappa shape index (κ2) is 14.3. The lowest BCUT2D eigenvalue weighted by atomic mass is 10.1. The van der Waals surface area contributed by atoms with E-state index in [4.69, 9.17) is 4.74 Å². The number of carbonyl (C=O) groups excluding carboxylic acids is 3. The van der Waals surface area contributed by atoms with Gasteiger partial charge in [0, 0.05) is 19.0 Å². The van der Waals surface area contributed by atoms with Crippen molar-refractivity contribution in [2.24, 2.45) is 0 Å². The highest BCUT2D eigenvalue weighted by molar-refractivity contribution is 7.81. The Hall–Kier alpha value is -1.30. The Morgan fingerprint density at radius 1 is 1.04 bits per heavy atom. The summed E-state index contributed by atoms with van der Waals surface area (Å²) < 4.78 is 4.76. The smallest absolute Gasteiger partial charge is 0.319 e. The summed E-state index contributed by atoms with van der Waals surface area (Å²) in [6.07, 6.45) is 9.25. The van der Waals surface area contributed by atoms with Crippen molar-refractivity contribution in [3.05, 3.63) is 12.2 Å². The van der Waals surface area contributed by atoms with Crippen molar-refractivity contribution >= 4 is 30.3 Å². The lowest BCUT2D eigenvalue weighted by Crippen LogP contribution is -2.23. The van der Waals surface area contributed by atoms with Crippen molar-refractivity contribution in [2.75, 3.05) is 13.2 Å². The van der Waals surface area contributed by atoms with Gasteiger partial charge in [-0.1, -0.05) is 39.0 Å². The minimum absolute atomic E-state index is 0.0802. The molecule has 0 saturated carbocycles. The zero-order valence-corrected chi connectivity index (χ0v) is 15.1. The molecule has 23 heavy (non-hydrogen) atoms. The number of nitrogens with one attached hydrogen (secondary N) is 1. The molecule has 0 heterocycles. The van der Waals surface area contributed by atoms with E-state index in [0.29, 0.717) is 6.54 Å². The highest BCUT2D eigenvalue weighted by Gasteiger charge is 2.17. The third kappa shape index (κ3) is 12.9. The Labute approximate surface area is 144 Å². The summed E-state index contributed by atoms with van der Waals surface area (Å²) in [5, 5.41) is 1.94. The van der Waals surface area contributed by atoms with Crippen molar-refractivity contribution in [3.8, 4) is 0 Å². The second-order valence-corrected chi connectivity index (χ2v) is 5.95. The minimum Gasteiger partial charge on any atom is -0.465 e. The van der Waals surface area contributed by atoms with Gasteiger partial charge in [-0.25, -0.2) is 0 Å². The molecule has 5 nitrogen and oxygen atoms in total. The molecule has 0 aliphatic heterocycles. The van der Waals surface area contributed by atoms with Crippen molar-refractivity contribution in [1.82, 2.24) is 5.32 Å². The molecule has 0 aromatic heterocycles. The van der Waals surface area contributed by atoms with Gasteiger partial charge in [-0.05, 0) is 19.4 Å². The number of hydrogen-bond donors (Lipinski definition) is 2. The molecular formula is C17H29NO4S. The predicted molar refractivity (Wildman–Crippen MR) is 94.6 cm³/mol. The SMILES string of the molecule is CCCCCCCCNC(=O)C=CC(=O)CC(S)C(=O)OCC. The first kappa shape index (κ1) is 21.7. The fraction of sp³-hybridized carbons (Fsp3) is 0.706. The zero-order chi connectivity index (χ0) is 17.5. The average molecular weight is 343 g/mol. The molecule has 0 aliphatic carbocycles. The molecule has 1 N–H and O–H groups in total. The van der Waals surface area contributed by atoms with E-state index in [0.717, 1.165) is 12.8 Å². The molecule has 6 heteroatoms. The molecule has 0 rings (SSSR count). The number of ether oxygens (including phenoxy) is 1. The van der Waals surface area contributed by atoms with E-state index in [1.54, 1.807) is 6.92 Å². The molecule has 0 spiro atoms. The molecule has 0 aromatic carbocycles. The highest BCUT2D eigenvalue weighted by Crippen LogP contribution is 2.06. The number of allylic oxidation sites excluding steroid dienone is 1. The van der Waals surface area contributed by atoms with Gasteiger partial charge in [-0.3, -0.25) is 14.4 Å². The van der Waals surface area contributed by atoms with Crippen LogP contribution in [0.25, 0.3) is 0 Å². The number of esters is 1. The zero-order valence-electron chi connectivity index (χ0n) is 14.2. The van der Waals surface area contributed by atoms with Gasteiger partial charge in [0.05, 0.1) is 6.61 Å². The average Bonchev–Trinajstić information content (AvgIpc) is 2.52. The first-order valence-electron chi connectivity index (χ1n) is 8.34. The number of carbonyl (C=O) groups is 3. The van der Waals surface area contributed by atoms with E-state index >= 15 is 0 Å². The van der Waals surface area contributed by atoms with E-state index in [2.05, 4.69) is 24.9 Å². The van der Waals surface area contributed by atoms with Crippen LogP contribution in [0.15, 0.2) is 12.2 Å². The third-order valence-electron chi connectivity index (χ3n) is 3.20. The maximum Gasteiger partial charge on any atom is 0.319 e. The molecule has 0 aromatic rings. The Bertz CT molecular complexity index is 396. The topological polar surface area (TPSA) is 72.5 Å². The Balaban J connectivity index is 3.81. The molecule has 0 radical (unpaired) electrons. The highest BCUT2D eigenvalue weighted by atomic mass is 32.1. The van der Waals surface area contributed by atoms with Crippen molar-refractivity contribution < 1.29 is 19.1 Å². The number of thiol groups is 1. The predicted octanol–water partition coefficient (Wildman–Crippen LogP) is 2.84. The number of unbranched alkanes of at least 4 members (excludes halogenated alkanes) is 5. The van der Waals surface area contributed by atoms with E-state index in [-0.39, 0.29) is 24.7 Å². The fourth-order valence-corrected chi connectivity index (χ4v) is 2.18. The van der Waals surface area contributed by atoms with Gasteiger partial charge in [0.2, 0.25) is 5.91 Å². The van der Waals surface area contributed by atoms with Crippen LogP contribution in [0.4, 0.5) is 0 Å². The van der Waals surface area contributed by atoms with E-state index in [1.807, 2.05) is 0 Å². The van der Waals surface area contributed by atoms with Crippen LogP contribution in [0, 0.1) is 0 Å². The molecule has 1 unspecified atom stereocenters. The van der Waals surface area contributed by atoms with Gasteiger partial charge in [0.25, 0.3) is 0 Å². The van der Waals surface area contributed by atoms with Gasteiger partial charge in [0.1, 0.15) is 5.25 Å². The van der Waals surface area contributed by atoms with Crippen LogP contribution < -0.4 is 5.32 Å². The summed E-state index contributed by atoms with van der Waals surface area (Å²) in [4.78, 5) is 34.5. The van der Waals surface area contributed by atoms with Gasteiger partial charge < -0.3 is 10.1 Å². The molecule has 1 amide bonds. The molecule has 0 saturated heterocycles. The van der Waals surface area contributed by atoms with Crippen molar-refractivity contribution in [3.63, 3.8) is 0 Å². The van der Waals surface area contributed by atoms with Crippen LogP contribution >= 0.6 is 12.6 Å². The third-order valence-corrected chi connectivity index (χ3v) is 3.60. The first-order chi connectivity index (χ1) is 11.0. The maximum absolute atomic E-state index is 11.6. The van der Waals surface area contributed by atoms with Crippen LogP contribution in [-0.4, -0.2) is 36.1 Å². The Morgan fingerprint density at radius 2 is 1.70 bits per heavy atom. The summed E-state index contributed by atoms with van der Waals surface area (Å²) in [6.45, 7) is 4.73. The van der Waals surface area contributed by atoms with Crippen molar-refractivity contribution in [1.29, 1.82) is 0 Å². The molecule has 0 fully saturated rings. The number of hydrogen-bond acceptors (Lipinski definition) is 5. The molecule has 132 valence electrons. The Kier molecular flexibility index (Phi) is 13.5. The number of amides is 1. The molecule has 1 atom stereocenters. The van der Waals surface area contributed by atoms with Crippen LogP contribution in [0.5, 0.6) is 0 Å². The van der Waals surface area contributed by atoms with Gasteiger partial charge in [-0.2, -0.15) is 12.6 Å². The van der Waals surface area contributed by atoms with E-state index in [1.165, 1.54) is 37.8 Å².